The lowest BCUT2D eigenvalue weighted by Crippen LogP contribution is -2.38. The Hall–Kier alpha value is -1.81. The quantitative estimate of drug-likeness (QED) is 0.238. The first kappa shape index (κ1) is 20.5. The van der Waals surface area contributed by atoms with E-state index in [0.29, 0.717) is 24.1 Å². The lowest BCUT2D eigenvalue weighted by Gasteiger charge is -2.10. The number of aliphatic imine (C=N–C) groups is 1. The molecule has 0 aliphatic rings. The topological polar surface area (TPSA) is 49.3 Å². The minimum absolute atomic E-state index is 0.0706. The van der Waals surface area contributed by atoms with Crippen LogP contribution in [0.1, 0.15) is 17.6 Å². The summed E-state index contributed by atoms with van der Waals surface area (Å²) < 4.78 is 50.5. The molecular formula is C16H18F4N4S2. The van der Waals surface area contributed by atoms with E-state index in [1.54, 1.807) is 23.9 Å². The van der Waals surface area contributed by atoms with Gasteiger partial charge < -0.3 is 10.6 Å². The van der Waals surface area contributed by atoms with Gasteiger partial charge in [0.05, 0.1) is 6.54 Å². The van der Waals surface area contributed by atoms with Crippen LogP contribution in [0.2, 0.25) is 0 Å². The van der Waals surface area contributed by atoms with Gasteiger partial charge in [0.25, 0.3) is 0 Å². The van der Waals surface area contributed by atoms with E-state index in [0.717, 1.165) is 27.4 Å². The first-order chi connectivity index (χ1) is 12.4. The molecule has 1 heterocycles. The van der Waals surface area contributed by atoms with Crippen molar-refractivity contribution in [3.05, 3.63) is 46.2 Å². The van der Waals surface area contributed by atoms with E-state index in [4.69, 9.17) is 0 Å². The molecule has 1 aromatic carbocycles. The van der Waals surface area contributed by atoms with Gasteiger partial charge in [-0.1, -0.05) is 0 Å². The van der Waals surface area contributed by atoms with Gasteiger partial charge in [-0.05, 0) is 31.2 Å². The number of halogens is 4. The van der Waals surface area contributed by atoms with Crippen molar-refractivity contribution in [2.75, 3.05) is 18.8 Å². The van der Waals surface area contributed by atoms with Gasteiger partial charge in [0.1, 0.15) is 10.8 Å². The fourth-order valence-corrected chi connectivity index (χ4v) is 3.36. The molecule has 0 aliphatic heterocycles. The summed E-state index contributed by atoms with van der Waals surface area (Å²) >= 11 is 2.50. The average Bonchev–Trinajstić information content (AvgIpc) is 3.07. The van der Waals surface area contributed by atoms with E-state index in [1.165, 1.54) is 12.1 Å². The van der Waals surface area contributed by atoms with Crippen molar-refractivity contribution in [3.8, 4) is 0 Å². The summed E-state index contributed by atoms with van der Waals surface area (Å²) in [6, 6.07) is 6.23. The second-order valence-corrected chi connectivity index (χ2v) is 7.16. The fraction of sp³-hybridized carbons (Fsp3) is 0.375. The van der Waals surface area contributed by atoms with Gasteiger partial charge in [-0.2, -0.15) is 13.2 Å². The zero-order valence-electron chi connectivity index (χ0n) is 13.9. The maximum atomic E-state index is 12.8. The van der Waals surface area contributed by atoms with Crippen molar-refractivity contribution in [1.29, 1.82) is 0 Å². The van der Waals surface area contributed by atoms with Crippen LogP contribution in [0.5, 0.6) is 0 Å². The SMILES string of the molecule is CCNC(=NCc1nc(C(F)(F)F)cs1)NCCSc1ccc(F)cc1. The van der Waals surface area contributed by atoms with E-state index in [2.05, 4.69) is 20.6 Å². The first-order valence-electron chi connectivity index (χ1n) is 7.80. The van der Waals surface area contributed by atoms with Gasteiger partial charge in [0, 0.05) is 29.1 Å². The van der Waals surface area contributed by atoms with E-state index in [-0.39, 0.29) is 12.4 Å². The van der Waals surface area contributed by atoms with Crippen LogP contribution >= 0.6 is 23.1 Å². The van der Waals surface area contributed by atoms with E-state index in [9.17, 15) is 17.6 Å². The number of hydrogen-bond acceptors (Lipinski definition) is 4. The number of rotatable bonds is 7. The number of nitrogens with one attached hydrogen (secondary N) is 2. The number of aromatic nitrogens is 1. The van der Waals surface area contributed by atoms with Crippen LogP contribution in [0.15, 0.2) is 39.5 Å². The molecule has 2 aromatic rings. The minimum atomic E-state index is -4.43. The Kier molecular flexibility index (Phi) is 7.70. The Morgan fingerprint density at radius 1 is 1.23 bits per heavy atom. The number of hydrogen-bond donors (Lipinski definition) is 2. The Bertz CT molecular complexity index is 714. The van der Waals surface area contributed by atoms with Gasteiger partial charge in [0.2, 0.25) is 0 Å². The summed E-state index contributed by atoms with van der Waals surface area (Å²) in [5.41, 5.74) is -0.888. The molecule has 0 saturated carbocycles. The van der Waals surface area contributed by atoms with Gasteiger partial charge in [0.15, 0.2) is 11.7 Å². The summed E-state index contributed by atoms with van der Waals surface area (Å²) in [5, 5.41) is 7.43. The lowest BCUT2D eigenvalue weighted by molar-refractivity contribution is -0.140. The summed E-state index contributed by atoms with van der Waals surface area (Å²) in [6.45, 7) is 3.19. The molecule has 0 unspecified atom stereocenters. The largest absolute Gasteiger partial charge is 0.434 e. The van der Waals surface area contributed by atoms with Gasteiger partial charge >= 0.3 is 6.18 Å². The molecule has 0 aliphatic carbocycles. The second-order valence-electron chi connectivity index (χ2n) is 5.05. The van der Waals surface area contributed by atoms with Crippen LogP contribution in [0, 0.1) is 5.82 Å². The van der Waals surface area contributed by atoms with E-state index < -0.39 is 11.9 Å². The molecule has 4 nitrogen and oxygen atoms in total. The van der Waals surface area contributed by atoms with Crippen molar-refractivity contribution in [2.24, 2.45) is 4.99 Å². The third-order valence-corrected chi connectivity index (χ3v) is 4.88. The van der Waals surface area contributed by atoms with Gasteiger partial charge in [-0.15, -0.1) is 23.1 Å². The van der Waals surface area contributed by atoms with E-state index in [1.807, 2.05) is 6.92 Å². The summed E-state index contributed by atoms with van der Waals surface area (Å²) in [4.78, 5) is 8.76. The molecule has 0 saturated heterocycles. The smallest absolute Gasteiger partial charge is 0.357 e. The van der Waals surface area contributed by atoms with Crippen molar-refractivity contribution in [3.63, 3.8) is 0 Å². The molecule has 10 heteroatoms. The average molecular weight is 406 g/mol. The number of thioether (sulfide) groups is 1. The molecular weight excluding hydrogens is 388 g/mol. The highest BCUT2D eigenvalue weighted by atomic mass is 32.2. The maximum Gasteiger partial charge on any atom is 0.434 e. The van der Waals surface area contributed by atoms with Crippen molar-refractivity contribution < 1.29 is 17.6 Å². The van der Waals surface area contributed by atoms with Gasteiger partial charge in [-0.25, -0.2) is 14.4 Å². The number of benzene rings is 1. The van der Waals surface area contributed by atoms with Crippen LogP contribution in [0.25, 0.3) is 0 Å². The molecule has 0 bridgehead atoms. The molecule has 0 radical (unpaired) electrons. The number of guanidine groups is 1. The minimum Gasteiger partial charge on any atom is -0.357 e. The zero-order valence-corrected chi connectivity index (χ0v) is 15.6. The summed E-state index contributed by atoms with van der Waals surface area (Å²) in [5.74, 6) is 0.965. The maximum absolute atomic E-state index is 12.8. The predicted molar refractivity (Wildman–Crippen MR) is 97.1 cm³/mol. The molecule has 2 rings (SSSR count). The molecule has 142 valence electrons. The Morgan fingerprint density at radius 2 is 1.96 bits per heavy atom. The Balaban J connectivity index is 1.82. The van der Waals surface area contributed by atoms with E-state index >= 15 is 0 Å². The van der Waals surface area contributed by atoms with Crippen LogP contribution in [0.4, 0.5) is 17.6 Å². The van der Waals surface area contributed by atoms with Crippen molar-refractivity contribution in [1.82, 2.24) is 15.6 Å². The third kappa shape index (κ3) is 6.83. The molecule has 2 N–H and O–H groups in total. The molecule has 26 heavy (non-hydrogen) atoms. The Morgan fingerprint density at radius 3 is 2.58 bits per heavy atom. The molecule has 0 spiro atoms. The predicted octanol–water partition coefficient (Wildman–Crippen LogP) is 4.15. The third-order valence-electron chi connectivity index (χ3n) is 3.04. The standard InChI is InChI=1S/C16H18F4N4S2/c1-2-21-15(22-7-8-25-12-5-3-11(17)4-6-12)23-9-14-24-13(10-26-14)16(18,19)20/h3-6,10H,2,7-9H2,1H3,(H2,21,22,23). The number of nitrogens with zero attached hydrogens (tertiary/aromatic N) is 2. The van der Waals surface area contributed by atoms with Gasteiger partial charge in [-0.3, -0.25) is 0 Å². The van der Waals surface area contributed by atoms with Crippen molar-refractivity contribution >= 4 is 29.1 Å². The Labute approximate surface area is 157 Å². The molecule has 0 atom stereocenters. The van der Waals surface area contributed by atoms with Crippen LogP contribution in [-0.4, -0.2) is 29.8 Å². The van der Waals surface area contributed by atoms with Crippen LogP contribution < -0.4 is 10.6 Å². The van der Waals surface area contributed by atoms with Crippen molar-refractivity contribution in [2.45, 2.75) is 24.5 Å². The summed E-state index contributed by atoms with van der Waals surface area (Å²) in [7, 11) is 0. The van der Waals surface area contributed by atoms with Crippen LogP contribution in [-0.2, 0) is 12.7 Å². The highest BCUT2D eigenvalue weighted by molar-refractivity contribution is 7.99. The zero-order chi connectivity index (χ0) is 19.0. The highest BCUT2D eigenvalue weighted by Gasteiger charge is 2.33. The lowest BCUT2D eigenvalue weighted by atomic mass is 10.4. The molecule has 0 fully saturated rings. The summed E-state index contributed by atoms with van der Waals surface area (Å²) in [6.07, 6.45) is -4.43. The number of alkyl halides is 3. The normalized spacial score (nSPS) is 12.3. The number of thiazole rings is 1. The monoisotopic (exact) mass is 406 g/mol. The molecule has 1 aromatic heterocycles. The fourth-order valence-electron chi connectivity index (χ4n) is 1.87. The molecule has 0 amide bonds. The second kappa shape index (κ2) is 9.77. The first-order valence-corrected chi connectivity index (χ1v) is 9.67. The van der Waals surface area contributed by atoms with Crippen LogP contribution in [0.3, 0.4) is 0 Å². The highest BCUT2D eigenvalue weighted by Crippen LogP contribution is 2.30.